The summed E-state index contributed by atoms with van der Waals surface area (Å²) in [6.07, 6.45) is 10.5. The fourth-order valence-electron chi connectivity index (χ4n) is 11.6. The number of nitro groups is 1. The maximum Gasteiger partial charge on any atom is 0.293 e. The Morgan fingerprint density at radius 1 is 1.00 bits per heavy atom. The molecule has 7 aliphatic rings. The third-order valence-corrected chi connectivity index (χ3v) is 16.8. The van der Waals surface area contributed by atoms with Crippen LogP contribution in [0.5, 0.6) is 11.5 Å². The van der Waals surface area contributed by atoms with E-state index in [9.17, 15) is 23.3 Å². The highest BCUT2D eigenvalue weighted by atomic mass is 32.2. The predicted molar refractivity (Wildman–Crippen MR) is 247 cm³/mol. The minimum Gasteiger partial charge on any atom is -0.455 e. The largest absolute Gasteiger partial charge is 0.455 e. The number of ether oxygens (including phenoxy) is 4. The van der Waals surface area contributed by atoms with Crippen molar-refractivity contribution in [2.24, 2.45) is 29.6 Å². The molecule has 0 radical (unpaired) electrons. The topological polar surface area (TPSA) is 209 Å². The molecule has 360 valence electrons. The Labute approximate surface area is 390 Å². The molecule has 8 heterocycles. The van der Waals surface area contributed by atoms with Crippen LogP contribution in [0.4, 0.5) is 17.1 Å². The van der Waals surface area contributed by atoms with Gasteiger partial charge in [0.2, 0.25) is 5.79 Å². The van der Waals surface area contributed by atoms with Crippen molar-refractivity contribution in [1.29, 1.82) is 0 Å². The van der Waals surface area contributed by atoms with Crippen LogP contribution in [0.2, 0.25) is 0 Å². The molecule has 67 heavy (non-hydrogen) atoms. The van der Waals surface area contributed by atoms with Gasteiger partial charge in [-0.15, -0.1) is 0 Å². The number of aromatic nitrogens is 2. The number of amides is 1. The van der Waals surface area contributed by atoms with Gasteiger partial charge in [0.15, 0.2) is 11.9 Å². The first kappa shape index (κ1) is 45.9. The smallest absolute Gasteiger partial charge is 0.293 e. The molecular weight excluding hydrogens is 883 g/mol. The van der Waals surface area contributed by atoms with E-state index in [2.05, 4.69) is 43.7 Å². The maximum absolute atomic E-state index is 13.9. The molecule has 8 atom stereocenters. The van der Waals surface area contributed by atoms with Gasteiger partial charge in [0, 0.05) is 87.7 Å². The normalized spacial score (nSPS) is 30.1. The third kappa shape index (κ3) is 9.11. The summed E-state index contributed by atoms with van der Waals surface area (Å²) in [4.78, 5) is 49.5. The average Bonchev–Trinajstić information content (AvgIpc) is 3.68. The Bertz CT molecular complexity index is 2580. The van der Waals surface area contributed by atoms with Crippen molar-refractivity contribution in [2.75, 3.05) is 62.7 Å². The van der Waals surface area contributed by atoms with Crippen molar-refractivity contribution in [1.82, 2.24) is 19.6 Å². The number of fused-ring (bicyclic) bond motifs is 3. The summed E-state index contributed by atoms with van der Waals surface area (Å²) in [6, 6.07) is 12.3. The second kappa shape index (κ2) is 18.5. The Morgan fingerprint density at radius 2 is 1.82 bits per heavy atom. The second-order valence-electron chi connectivity index (χ2n) is 19.6. The molecule has 4 aromatic rings. The zero-order valence-corrected chi connectivity index (χ0v) is 39.1. The average molecular weight is 944 g/mol. The van der Waals surface area contributed by atoms with E-state index in [1.807, 2.05) is 13.0 Å². The fraction of sp³-hybridized carbons (Fsp3) is 0.583. The lowest BCUT2D eigenvalue weighted by Gasteiger charge is -2.60. The summed E-state index contributed by atoms with van der Waals surface area (Å²) in [5, 5.41) is 16.0. The van der Waals surface area contributed by atoms with Crippen molar-refractivity contribution in [3.05, 3.63) is 76.6 Å². The summed E-state index contributed by atoms with van der Waals surface area (Å²) in [5.74, 6) is 0.484. The van der Waals surface area contributed by atoms with Gasteiger partial charge < -0.3 is 34.1 Å². The highest BCUT2D eigenvalue weighted by molar-refractivity contribution is 7.90. The molecule has 2 aromatic heterocycles. The van der Waals surface area contributed by atoms with Gasteiger partial charge in [-0.2, -0.15) is 0 Å². The molecule has 19 heteroatoms. The van der Waals surface area contributed by atoms with Crippen LogP contribution in [0.25, 0.3) is 11.0 Å². The molecule has 6 aliphatic heterocycles. The van der Waals surface area contributed by atoms with Crippen LogP contribution in [0.1, 0.15) is 82.5 Å². The molecule has 11 rings (SSSR count). The monoisotopic (exact) mass is 943 g/mol. The highest BCUT2D eigenvalue weighted by Gasteiger charge is 2.69. The Kier molecular flexibility index (Phi) is 12.7. The molecule has 2 bridgehead atoms. The molecule has 1 spiro atoms. The number of aromatic amines is 1. The van der Waals surface area contributed by atoms with E-state index in [0.717, 1.165) is 94.8 Å². The van der Waals surface area contributed by atoms with Crippen LogP contribution in [-0.2, 0) is 34.0 Å². The standard InChI is InChI=1S/C48H61N7O11S/c1-30-6-10-39-31(2)42(63-46-48(39)38(30)12-16-47(3,64-46)65-66-48)5-4-18-53-19-21-54(22-20-53)34-7-9-37(43(26-34)62-35-25-33-13-17-49-44(33)51-29-35)45(56)52-67(59,60)36-8-11-40(41(27-36)55(57)58)50-28-32-14-23-61-24-15-32/h7-9,11,13,17,25-27,29-32,38-39,42,46,50H,4-6,10,12,14-16,18-24,28H2,1-3H3,(H,49,51)(H,52,56). The van der Waals surface area contributed by atoms with Gasteiger partial charge in [0.25, 0.3) is 21.6 Å². The van der Waals surface area contributed by atoms with Crippen LogP contribution < -0.4 is 19.7 Å². The highest BCUT2D eigenvalue weighted by Crippen LogP contribution is 2.61. The number of pyridine rings is 1. The van der Waals surface area contributed by atoms with E-state index in [-0.39, 0.29) is 29.0 Å². The molecule has 1 aliphatic carbocycles. The van der Waals surface area contributed by atoms with E-state index in [1.165, 1.54) is 24.8 Å². The van der Waals surface area contributed by atoms with E-state index in [0.29, 0.717) is 54.8 Å². The summed E-state index contributed by atoms with van der Waals surface area (Å²) >= 11 is 0. The number of piperazine rings is 1. The van der Waals surface area contributed by atoms with Crippen LogP contribution in [0.15, 0.2) is 65.8 Å². The van der Waals surface area contributed by atoms with E-state index in [4.69, 9.17) is 28.7 Å². The zero-order valence-electron chi connectivity index (χ0n) is 38.3. The SMILES string of the molecule is CC1CCC2C(C)C(CCCN3CCN(c4ccc(C(=O)NS(=O)(=O)c5ccc(NCC6CCOCC6)c([N+](=O)[O-])c5)c(Oc5cnc6[nH]ccc6c5)c4)CC3)OC3OC4(C)CCC1C32OO4. The molecule has 1 amide bonds. The number of carbonyl (C=O) groups is 1. The van der Waals surface area contributed by atoms with Crippen molar-refractivity contribution in [3.63, 3.8) is 0 Å². The maximum atomic E-state index is 13.9. The second-order valence-corrected chi connectivity index (χ2v) is 21.3. The fourth-order valence-corrected chi connectivity index (χ4v) is 12.5. The molecule has 1 saturated carbocycles. The molecule has 2 aromatic carbocycles. The van der Waals surface area contributed by atoms with Crippen molar-refractivity contribution in [3.8, 4) is 11.5 Å². The third-order valence-electron chi connectivity index (χ3n) is 15.4. The van der Waals surface area contributed by atoms with E-state index >= 15 is 0 Å². The summed E-state index contributed by atoms with van der Waals surface area (Å²) in [5.41, 5.74) is 0.648. The Balaban J connectivity index is 0.799. The number of sulfonamides is 1. The number of nitrogens with zero attached hydrogens (tertiary/aromatic N) is 4. The lowest BCUT2D eigenvalue weighted by atomic mass is 9.57. The van der Waals surface area contributed by atoms with Gasteiger partial charge in [-0.25, -0.2) is 27.9 Å². The first-order valence-electron chi connectivity index (χ1n) is 23.9. The minimum atomic E-state index is -4.56. The van der Waals surface area contributed by atoms with Crippen LogP contribution in [-0.4, -0.2) is 110 Å². The number of anilines is 2. The zero-order chi connectivity index (χ0) is 46.5. The van der Waals surface area contributed by atoms with E-state index in [1.54, 1.807) is 30.5 Å². The quantitative estimate of drug-likeness (QED) is 0.0640. The number of hydrogen-bond donors (Lipinski definition) is 3. The number of nitro benzene ring substituents is 1. The molecule has 18 nitrogen and oxygen atoms in total. The van der Waals surface area contributed by atoms with Gasteiger partial charge >= 0.3 is 0 Å². The Morgan fingerprint density at radius 3 is 2.63 bits per heavy atom. The number of hydrogen-bond acceptors (Lipinski definition) is 15. The number of rotatable bonds is 14. The molecule has 3 N–H and O–H groups in total. The molecular formula is C48H61N7O11S. The first-order valence-corrected chi connectivity index (χ1v) is 25.4. The minimum absolute atomic E-state index is 0.0389. The lowest BCUT2D eigenvalue weighted by Crippen LogP contribution is -2.70. The van der Waals surface area contributed by atoms with Crippen molar-refractivity contribution < 1.29 is 46.9 Å². The van der Waals surface area contributed by atoms with Crippen LogP contribution in [0.3, 0.4) is 0 Å². The molecule has 7 fully saturated rings. The summed E-state index contributed by atoms with van der Waals surface area (Å²) in [7, 11) is -4.56. The predicted octanol–water partition coefficient (Wildman–Crippen LogP) is 7.37. The van der Waals surface area contributed by atoms with Crippen LogP contribution >= 0.6 is 0 Å². The number of carbonyl (C=O) groups excluding carboxylic acids is 1. The molecule has 6 saturated heterocycles. The number of benzene rings is 2. The lowest BCUT2D eigenvalue weighted by molar-refractivity contribution is -0.571. The van der Waals surface area contributed by atoms with Crippen molar-refractivity contribution >= 4 is 44.0 Å². The van der Waals surface area contributed by atoms with Gasteiger partial charge in [0.05, 0.1) is 27.7 Å². The summed E-state index contributed by atoms with van der Waals surface area (Å²) < 4.78 is 54.7. The number of nitrogens with one attached hydrogen (secondary N) is 3. The van der Waals surface area contributed by atoms with Crippen molar-refractivity contribution in [2.45, 2.75) is 101 Å². The van der Waals surface area contributed by atoms with Gasteiger partial charge in [-0.1, -0.05) is 13.8 Å². The first-order chi connectivity index (χ1) is 32.3. The van der Waals surface area contributed by atoms with E-state index < -0.39 is 49.1 Å². The molecule has 8 unspecified atom stereocenters. The number of H-pyrrole nitrogens is 1. The summed E-state index contributed by atoms with van der Waals surface area (Å²) in [6.45, 7) is 12.4. The van der Waals surface area contributed by atoms with Gasteiger partial charge in [-0.3, -0.25) is 19.8 Å². The van der Waals surface area contributed by atoms with Gasteiger partial charge in [-0.05, 0) is 118 Å². The van der Waals surface area contributed by atoms with Gasteiger partial charge in [0.1, 0.15) is 22.8 Å². The Hall–Kier alpha value is -4.89. The van der Waals surface area contributed by atoms with Crippen LogP contribution in [0, 0.1) is 39.7 Å².